The van der Waals surface area contributed by atoms with E-state index in [4.69, 9.17) is 4.74 Å². The molecule has 1 saturated carbocycles. The summed E-state index contributed by atoms with van der Waals surface area (Å²) < 4.78 is 63.5. The van der Waals surface area contributed by atoms with E-state index in [9.17, 15) is 37.7 Å². The molecule has 0 aromatic heterocycles. The third-order valence-corrected chi connectivity index (χ3v) is 5.69. The molecule has 2 N–H and O–H groups in total. The van der Waals surface area contributed by atoms with Crippen LogP contribution in [0, 0.1) is 11.8 Å². The topological polar surface area (TPSA) is 89.8 Å². The van der Waals surface area contributed by atoms with E-state index < -0.39 is 54.1 Å². The number of hydrogen-bond donors (Lipinski definition) is 2. The second-order valence-electron chi connectivity index (χ2n) is 7.75. The maximum Gasteiger partial charge on any atom is 1.00 e. The summed E-state index contributed by atoms with van der Waals surface area (Å²) in [6, 6.07) is 0. The number of hydrogen-bond acceptors (Lipinski definition) is 5. The van der Waals surface area contributed by atoms with E-state index >= 15 is 0 Å². The minimum atomic E-state index is -3.85. The van der Waals surface area contributed by atoms with Crippen LogP contribution in [-0.2, 0) is 9.53 Å². The minimum absolute atomic E-state index is 0. The molecule has 0 bridgehead atoms. The number of halogens is 4. The molecule has 1 aliphatic heterocycles. The van der Waals surface area contributed by atoms with Gasteiger partial charge in [0.05, 0.1) is 18.0 Å². The second kappa shape index (κ2) is 11.4. The number of aliphatic hydroxyl groups is 2. The molecule has 1 aliphatic carbocycles. The third kappa shape index (κ3) is 6.07. The van der Waals surface area contributed by atoms with Gasteiger partial charge in [-0.3, -0.25) is 0 Å². The number of carbonyl (C=O) groups excluding carboxylic acids is 1. The first kappa shape index (κ1) is 27.6. The Balaban J connectivity index is 0.00000450. The average Bonchev–Trinajstić information content (AvgIpc) is 3.00. The Morgan fingerprint density at radius 3 is 2.43 bits per heavy atom. The molecule has 0 aromatic rings. The zero-order valence-corrected chi connectivity index (χ0v) is 19.1. The molecule has 2 rings (SSSR count). The van der Waals surface area contributed by atoms with Crippen LogP contribution < -0.4 is 34.7 Å². The van der Waals surface area contributed by atoms with E-state index in [0.29, 0.717) is 12.5 Å². The number of ether oxygens (including phenoxy) is 1. The van der Waals surface area contributed by atoms with Gasteiger partial charge in [-0.2, -0.15) is 0 Å². The monoisotopic (exact) mass is 446 g/mol. The van der Waals surface area contributed by atoms with E-state index in [0.717, 1.165) is 37.5 Å². The molecular weight excluding hydrogens is 419 g/mol. The van der Waals surface area contributed by atoms with Gasteiger partial charge in [0.15, 0.2) is 0 Å². The van der Waals surface area contributed by atoms with Crippen LogP contribution in [0.15, 0.2) is 24.3 Å². The molecule has 10 heteroatoms. The van der Waals surface area contributed by atoms with E-state index in [1.54, 1.807) is 0 Å². The van der Waals surface area contributed by atoms with Crippen molar-refractivity contribution < 1.29 is 72.0 Å². The largest absolute Gasteiger partial charge is 1.00 e. The van der Waals surface area contributed by atoms with Crippen LogP contribution in [0.1, 0.15) is 45.4 Å². The third-order valence-electron chi connectivity index (χ3n) is 5.69. The number of carboxylic acids is 1. The molecule has 0 aromatic carbocycles. The number of aliphatic hydroxyl groups excluding tert-OH is 2. The molecule has 5 nitrogen and oxygen atoms in total. The van der Waals surface area contributed by atoms with Gasteiger partial charge in [-0.15, -0.1) is 0 Å². The van der Waals surface area contributed by atoms with E-state index in [-0.39, 0.29) is 42.4 Å². The number of aliphatic carboxylic acids is 1. The van der Waals surface area contributed by atoms with Crippen molar-refractivity contribution in [2.24, 2.45) is 11.8 Å². The fraction of sp³-hybridized carbons (Fsp3) is 0.750. The number of alkyl halides is 4. The first-order valence-electron chi connectivity index (χ1n) is 9.86. The molecule has 2 aliphatic rings. The molecule has 2 fully saturated rings. The zero-order valence-electron chi connectivity index (χ0n) is 17.1. The number of unbranched alkanes of at least 4 members (excludes halogenated alkanes) is 2. The Morgan fingerprint density at radius 1 is 1.17 bits per heavy atom. The van der Waals surface area contributed by atoms with Crippen molar-refractivity contribution >= 4 is 5.97 Å². The number of fused-ring (bicyclic) bond motifs is 1. The predicted octanol–water partition coefficient (Wildman–Crippen LogP) is -0.781. The van der Waals surface area contributed by atoms with Gasteiger partial charge in [0.25, 0.3) is 11.8 Å². The van der Waals surface area contributed by atoms with Crippen molar-refractivity contribution in [2.75, 3.05) is 0 Å². The molecule has 1 saturated heterocycles. The van der Waals surface area contributed by atoms with Crippen LogP contribution in [0.5, 0.6) is 0 Å². The van der Waals surface area contributed by atoms with Crippen LogP contribution in [0.4, 0.5) is 17.6 Å². The quantitative estimate of drug-likeness (QED) is 0.151. The Hall–Kier alpha value is -0.450. The molecule has 1 heterocycles. The number of carbonyl (C=O) groups is 1. The summed E-state index contributed by atoms with van der Waals surface area (Å²) in [7, 11) is 0. The summed E-state index contributed by atoms with van der Waals surface area (Å²) in [4.78, 5) is 10.3. The predicted molar refractivity (Wildman–Crippen MR) is 94.2 cm³/mol. The molecule has 2 unspecified atom stereocenters. The Kier molecular flexibility index (Phi) is 10.5. The smallest absolute Gasteiger partial charge is 0.545 e. The molecular formula is C20H27F4NaO5. The van der Waals surface area contributed by atoms with Crippen molar-refractivity contribution in [1.82, 2.24) is 0 Å². The molecule has 30 heavy (non-hydrogen) atoms. The summed E-state index contributed by atoms with van der Waals surface area (Å²) in [5.41, 5.74) is 0. The standard InChI is InChI=1S/C20H28F4O5.Na/c1-2-3-4-7-12(25)10-11-13-16-18(20(23,24)17(13)28)29-14(19(16,21)22)8-5-6-9-15(26)27;/h5-6,8-9,12-14,16-18,25,28H,2-4,7,10-11H2,1H3,(H,26,27);/q;+1/p-1/b8-5-,9-6?;/t12-,13+,14?,16+,17-,18?;/m0./s1. The molecule has 0 amide bonds. The van der Waals surface area contributed by atoms with Crippen LogP contribution in [0.3, 0.4) is 0 Å². The molecule has 6 atom stereocenters. The normalized spacial score (nSPS) is 33.0. The first-order chi connectivity index (χ1) is 13.5. The minimum Gasteiger partial charge on any atom is -0.545 e. The van der Waals surface area contributed by atoms with E-state index in [1.165, 1.54) is 0 Å². The van der Waals surface area contributed by atoms with Crippen molar-refractivity contribution in [3.8, 4) is 0 Å². The molecule has 166 valence electrons. The number of allylic oxidation sites excluding steroid dienone is 2. The fourth-order valence-electron chi connectivity index (χ4n) is 4.18. The number of rotatable bonds is 10. The summed E-state index contributed by atoms with van der Waals surface area (Å²) >= 11 is 0. The summed E-state index contributed by atoms with van der Waals surface area (Å²) in [6.07, 6.45) is -0.993. The van der Waals surface area contributed by atoms with E-state index in [1.807, 2.05) is 6.92 Å². The van der Waals surface area contributed by atoms with Gasteiger partial charge in [0.1, 0.15) is 18.3 Å². The fourth-order valence-corrected chi connectivity index (χ4v) is 4.18. The maximum absolute atomic E-state index is 14.9. The molecule has 0 radical (unpaired) electrons. The summed E-state index contributed by atoms with van der Waals surface area (Å²) in [5, 5.41) is 30.3. The van der Waals surface area contributed by atoms with Crippen LogP contribution in [0.2, 0.25) is 0 Å². The number of carboxylic acid groups (broad SMARTS) is 1. The second-order valence-corrected chi connectivity index (χ2v) is 7.75. The maximum atomic E-state index is 14.9. The first-order valence-corrected chi connectivity index (χ1v) is 9.86. The van der Waals surface area contributed by atoms with Gasteiger partial charge in [0, 0.05) is 5.92 Å². The van der Waals surface area contributed by atoms with Crippen molar-refractivity contribution in [3.63, 3.8) is 0 Å². The SMILES string of the molecule is CCCCC[C@H](O)CC[C@H]1[C@H](O)C(F)(F)C2OC(/C=C\C=CC(=O)[O-])C(F)(F)[C@@H]21.[Na+]. The summed E-state index contributed by atoms with van der Waals surface area (Å²) in [5.74, 6) is -12.4. The van der Waals surface area contributed by atoms with Crippen molar-refractivity contribution in [3.05, 3.63) is 24.3 Å². The average molecular weight is 446 g/mol. The van der Waals surface area contributed by atoms with Crippen LogP contribution in [-0.4, -0.2) is 52.4 Å². The van der Waals surface area contributed by atoms with Gasteiger partial charge in [-0.05, 0) is 31.4 Å². The van der Waals surface area contributed by atoms with Gasteiger partial charge in [-0.1, -0.05) is 38.3 Å². The van der Waals surface area contributed by atoms with Gasteiger partial charge < -0.3 is 24.9 Å². The van der Waals surface area contributed by atoms with Gasteiger partial charge in [0.2, 0.25) is 0 Å². The van der Waals surface area contributed by atoms with Crippen LogP contribution >= 0.6 is 0 Å². The Labute approximate surface area is 195 Å². The summed E-state index contributed by atoms with van der Waals surface area (Å²) in [6.45, 7) is 1.99. The van der Waals surface area contributed by atoms with Gasteiger partial charge >= 0.3 is 29.6 Å². The zero-order chi connectivity index (χ0) is 21.8. The Morgan fingerprint density at radius 2 is 1.83 bits per heavy atom. The van der Waals surface area contributed by atoms with E-state index in [2.05, 4.69) is 0 Å². The van der Waals surface area contributed by atoms with Crippen molar-refractivity contribution in [2.45, 2.75) is 81.7 Å². The Bertz CT molecular complexity index is 628. The van der Waals surface area contributed by atoms with Crippen LogP contribution in [0.25, 0.3) is 0 Å². The van der Waals surface area contributed by atoms with Gasteiger partial charge in [-0.25, -0.2) is 17.6 Å². The van der Waals surface area contributed by atoms with Crippen molar-refractivity contribution in [1.29, 1.82) is 0 Å². The molecule has 0 spiro atoms.